The Morgan fingerprint density at radius 2 is 1.76 bits per heavy atom. The van der Waals surface area contributed by atoms with E-state index in [2.05, 4.69) is 36.6 Å². The van der Waals surface area contributed by atoms with Crippen LogP contribution in [0, 0.1) is 29.1 Å². The number of hydrogen-bond donors (Lipinski definition) is 2. The largest absolute Gasteiger partial charge is 0.357 e. The topological polar surface area (TPSA) is 73.8 Å². The molecule has 4 rings (SSSR count). The summed E-state index contributed by atoms with van der Waals surface area (Å²) in [5.41, 5.74) is 0.335. The van der Waals surface area contributed by atoms with E-state index in [-0.39, 0.29) is 47.6 Å². The van der Waals surface area contributed by atoms with E-state index in [4.69, 9.17) is 4.99 Å². The van der Waals surface area contributed by atoms with Gasteiger partial charge in [0.15, 0.2) is 5.96 Å². The zero-order chi connectivity index (χ0) is 19.7. The van der Waals surface area contributed by atoms with Crippen LogP contribution in [0.15, 0.2) is 17.1 Å². The molecule has 4 unspecified atom stereocenters. The molecule has 2 amide bonds. The first-order valence-corrected chi connectivity index (χ1v) is 11.1. The average Bonchev–Trinajstić information content (AvgIpc) is 3.44. The summed E-state index contributed by atoms with van der Waals surface area (Å²) in [5, 5.41) is 6.68. The zero-order valence-corrected chi connectivity index (χ0v) is 20.0. The third-order valence-corrected chi connectivity index (χ3v) is 7.19. The molecule has 162 valence electrons. The van der Waals surface area contributed by atoms with Crippen LogP contribution in [0.1, 0.15) is 52.4 Å². The maximum absolute atomic E-state index is 12.7. The van der Waals surface area contributed by atoms with Crippen LogP contribution in [-0.2, 0) is 9.59 Å². The summed E-state index contributed by atoms with van der Waals surface area (Å²) < 4.78 is 0. The smallest absolute Gasteiger partial charge is 0.233 e. The van der Waals surface area contributed by atoms with Crippen molar-refractivity contribution in [1.82, 2.24) is 15.5 Å². The minimum absolute atomic E-state index is 0. The van der Waals surface area contributed by atoms with Crippen molar-refractivity contribution >= 4 is 41.8 Å². The van der Waals surface area contributed by atoms with Gasteiger partial charge in [0.1, 0.15) is 0 Å². The lowest BCUT2D eigenvalue weighted by Crippen LogP contribution is -2.40. The van der Waals surface area contributed by atoms with Gasteiger partial charge >= 0.3 is 0 Å². The summed E-state index contributed by atoms with van der Waals surface area (Å²) in [6, 6.07) is 0. The summed E-state index contributed by atoms with van der Waals surface area (Å²) in [4.78, 5) is 31.7. The average molecular weight is 514 g/mol. The van der Waals surface area contributed by atoms with E-state index in [1.165, 1.54) is 30.6 Å². The number of nitrogens with zero attached hydrogens (tertiary/aromatic N) is 2. The number of carbonyl (C=O) groups excluding carboxylic acids is 2. The van der Waals surface area contributed by atoms with Gasteiger partial charge in [0.05, 0.1) is 11.8 Å². The molecule has 7 heteroatoms. The normalized spacial score (nSPS) is 31.9. The van der Waals surface area contributed by atoms with E-state index in [1.807, 2.05) is 0 Å². The van der Waals surface area contributed by atoms with Gasteiger partial charge in [0, 0.05) is 26.2 Å². The molecule has 29 heavy (non-hydrogen) atoms. The standard InChI is InChI=1S/C22H34N4O2.HI/c1-3-23-21(25-14-22(2)9-4-5-10-22)24-11-6-12-26-19(27)17-15-7-8-16(13-15)18(17)20(26)28;/h7-8,15-18H,3-6,9-14H2,1-2H3,(H2,23,24,25);1H. The van der Waals surface area contributed by atoms with Gasteiger partial charge in [-0.15, -0.1) is 24.0 Å². The van der Waals surface area contributed by atoms with Crippen LogP contribution in [0.2, 0.25) is 0 Å². The third kappa shape index (κ3) is 4.49. The number of likely N-dealkylation sites (tertiary alicyclic amines) is 1. The van der Waals surface area contributed by atoms with Crippen molar-refractivity contribution in [1.29, 1.82) is 0 Å². The predicted octanol–water partition coefficient (Wildman–Crippen LogP) is 2.94. The SMILES string of the molecule is CCNC(=NCC1(C)CCCC1)NCCCN1C(=O)C2C3C=CC(C3)C2C1=O.I. The van der Waals surface area contributed by atoms with E-state index in [0.29, 0.717) is 30.3 Å². The van der Waals surface area contributed by atoms with Gasteiger partial charge in [0.2, 0.25) is 11.8 Å². The van der Waals surface area contributed by atoms with Crippen molar-refractivity contribution in [3.05, 3.63) is 12.2 Å². The molecule has 1 aliphatic heterocycles. The number of nitrogens with one attached hydrogen (secondary N) is 2. The summed E-state index contributed by atoms with van der Waals surface area (Å²) in [6.07, 6.45) is 11.2. The second-order valence-corrected chi connectivity index (χ2v) is 9.32. The Bertz CT molecular complexity index is 656. The highest BCUT2D eigenvalue weighted by Crippen LogP contribution is 2.52. The first kappa shape index (κ1) is 22.6. The molecule has 2 bridgehead atoms. The van der Waals surface area contributed by atoms with Crippen LogP contribution >= 0.6 is 24.0 Å². The summed E-state index contributed by atoms with van der Waals surface area (Å²) in [6.45, 7) is 7.29. The van der Waals surface area contributed by atoms with Crippen molar-refractivity contribution in [3.8, 4) is 0 Å². The fourth-order valence-electron chi connectivity index (χ4n) is 5.63. The highest BCUT2D eigenvalue weighted by atomic mass is 127. The van der Waals surface area contributed by atoms with E-state index in [1.54, 1.807) is 0 Å². The molecule has 3 aliphatic carbocycles. The van der Waals surface area contributed by atoms with Crippen LogP contribution in [0.3, 0.4) is 0 Å². The molecule has 0 aromatic carbocycles. The molecule has 0 spiro atoms. The Labute approximate surface area is 191 Å². The van der Waals surface area contributed by atoms with Crippen LogP contribution in [-0.4, -0.2) is 48.9 Å². The number of carbonyl (C=O) groups is 2. The number of allylic oxidation sites excluding steroid dienone is 2. The number of rotatable bonds is 7. The first-order valence-electron chi connectivity index (χ1n) is 11.1. The fraction of sp³-hybridized carbons (Fsp3) is 0.773. The number of aliphatic imine (C=N–C) groups is 1. The minimum atomic E-state index is -0.0819. The molecule has 1 saturated heterocycles. The van der Waals surface area contributed by atoms with Gasteiger partial charge < -0.3 is 10.6 Å². The van der Waals surface area contributed by atoms with E-state index >= 15 is 0 Å². The lowest BCUT2D eigenvalue weighted by molar-refractivity contribution is -0.140. The minimum Gasteiger partial charge on any atom is -0.357 e. The summed E-state index contributed by atoms with van der Waals surface area (Å²) in [7, 11) is 0. The molecule has 2 saturated carbocycles. The van der Waals surface area contributed by atoms with Gasteiger partial charge in [0.25, 0.3) is 0 Å². The quantitative estimate of drug-likeness (QED) is 0.137. The molecule has 4 atom stereocenters. The Balaban J connectivity index is 0.00000240. The van der Waals surface area contributed by atoms with Crippen molar-refractivity contribution in [3.63, 3.8) is 0 Å². The van der Waals surface area contributed by atoms with Crippen LogP contribution in [0.4, 0.5) is 0 Å². The molecular formula is C22H35IN4O2. The first-order chi connectivity index (χ1) is 13.5. The van der Waals surface area contributed by atoms with Crippen LogP contribution in [0.5, 0.6) is 0 Å². The second-order valence-electron chi connectivity index (χ2n) is 9.32. The van der Waals surface area contributed by atoms with Crippen LogP contribution < -0.4 is 10.6 Å². The van der Waals surface area contributed by atoms with E-state index in [9.17, 15) is 9.59 Å². The van der Waals surface area contributed by atoms with Gasteiger partial charge in [-0.2, -0.15) is 0 Å². The zero-order valence-electron chi connectivity index (χ0n) is 17.7. The molecule has 4 aliphatic rings. The fourth-order valence-corrected chi connectivity index (χ4v) is 5.63. The Kier molecular flexibility index (Phi) is 7.27. The number of halogens is 1. The van der Waals surface area contributed by atoms with Gasteiger partial charge in [-0.25, -0.2) is 0 Å². The lowest BCUT2D eigenvalue weighted by Gasteiger charge is -2.22. The van der Waals surface area contributed by atoms with Crippen LogP contribution in [0.25, 0.3) is 0 Å². The molecule has 0 aromatic rings. The molecular weight excluding hydrogens is 479 g/mol. The van der Waals surface area contributed by atoms with Crippen molar-refractivity contribution < 1.29 is 9.59 Å². The Morgan fingerprint density at radius 3 is 2.34 bits per heavy atom. The predicted molar refractivity (Wildman–Crippen MR) is 125 cm³/mol. The van der Waals surface area contributed by atoms with E-state index < -0.39 is 0 Å². The Hall–Kier alpha value is -1.12. The highest BCUT2D eigenvalue weighted by molar-refractivity contribution is 14.0. The van der Waals surface area contributed by atoms with Crippen molar-refractivity contribution in [2.24, 2.45) is 34.1 Å². The van der Waals surface area contributed by atoms with Crippen molar-refractivity contribution in [2.45, 2.75) is 52.4 Å². The second kappa shape index (κ2) is 9.35. The molecule has 0 aromatic heterocycles. The number of fused-ring (bicyclic) bond motifs is 5. The summed E-state index contributed by atoms with van der Waals surface area (Å²) >= 11 is 0. The van der Waals surface area contributed by atoms with Gasteiger partial charge in [-0.3, -0.25) is 19.5 Å². The number of guanidine groups is 1. The van der Waals surface area contributed by atoms with Crippen molar-refractivity contribution in [2.75, 3.05) is 26.2 Å². The van der Waals surface area contributed by atoms with Gasteiger partial charge in [-0.05, 0) is 49.9 Å². The van der Waals surface area contributed by atoms with E-state index in [0.717, 1.165) is 31.9 Å². The number of amides is 2. The molecule has 3 fully saturated rings. The number of imide groups is 1. The molecule has 2 N–H and O–H groups in total. The third-order valence-electron chi connectivity index (χ3n) is 7.19. The summed E-state index contributed by atoms with van der Waals surface area (Å²) in [5.74, 6) is 1.37. The van der Waals surface area contributed by atoms with Gasteiger partial charge in [-0.1, -0.05) is 31.9 Å². The highest BCUT2D eigenvalue weighted by Gasteiger charge is 2.58. The maximum atomic E-state index is 12.7. The number of hydrogen-bond acceptors (Lipinski definition) is 3. The molecule has 0 radical (unpaired) electrons. The molecule has 1 heterocycles. The Morgan fingerprint density at radius 1 is 1.14 bits per heavy atom. The monoisotopic (exact) mass is 514 g/mol. The maximum Gasteiger partial charge on any atom is 0.233 e. The lowest BCUT2D eigenvalue weighted by atomic mass is 9.85. The molecule has 6 nitrogen and oxygen atoms in total.